The quantitative estimate of drug-likeness (QED) is 0.473. The lowest BCUT2D eigenvalue weighted by molar-refractivity contribution is 0.314. The molecule has 0 aromatic heterocycles. The van der Waals surface area contributed by atoms with Crippen LogP contribution in [0.25, 0.3) is 11.1 Å². The Hall–Kier alpha value is -1.96. The van der Waals surface area contributed by atoms with Crippen molar-refractivity contribution < 1.29 is 8.78 Å². The normalized spacial score (nSPS) is 20.1. The Morgan fingerprint density at radius 3 is 2.19 bits per heavy atom. The Morgan fingerprint density at radius 1 is 0.962 bits per heavy atom. The van der Waals surface area contributed by atoms with E-state index in [0.29, 0.717) is 17.9 Å². The molecule has 26 heavy (non-hydrogen) atoms. The van der Waals surface area contributed by atoms with Crippen molar-refractivity contribution >= 4 is 0 Å². The van der Waals surface area contributed by atoms with E-state index in [1.54, 1.807) is 18.2 Å². The van der Waals surface area contributed by atoms with Crippen molar-refractivity contribution in [3.63, 3.8) is 0 Å². The summed E-state index contributed by atoms with van der Waals surface area (Å²) in [5, 5.41) is 0. The van der Waals surface area contributed by atoms with Gasteiger partial charge < -0.3 is 0 Å². The van der Waals surface area contributed by atoms with Crippen LogP contribution in [-0.2, 0) is 6.42 Å². The smallest absolute Gasteiger partial charge is 0.127 e. The maximum Gasteiger partial charge on any atom is 0.127 e. The molecule has 138 valence electrons. The van der Waals surface area contributed by atoms with Crippen LogP contribution in [0.1, 0.15) is 62.5 Å². The van der Waals surface area contributed by atoms with Crippen LogP contribution in [0.15, 0.2) is 49.1 Å². The fourth-order valence-corrected chi connectivity index (χ4v) is 4.11. The van der Waals surface area contributed by atoms with Crippen molar-refractivity contribution in [2.75, 3.05) is 0 Å². The molecule has 0 amide bonds. The molecule has 1 aliphatic carbocycles. The van der Waals surface area contributed by atoms with E-state index in [0.717, 1.165) is 41.9 Å². The summed E-state index contributed by atoms with van der Waals surface area (Å²) in [6.07, 6.45) is 8.93. The monoisotopic (exact) mass is 354 g/mol. The summed E-state index contributed by atoms with van der Waals surface area (Å²) in [6, 6.07) is 10.6. The Kier molecular flexibility index (Phi) is 6.24. The molecule has 0 aliphatic heterocycles. The fourth-order valence-electron chi connectivity index (χ4n) is 4.11. The van der Waals surface area contributed by atoms with Crippen molar-refractivity contribution in [2.45, 2.75) is 57.8 Å². The highest BCUT2D eigenvalue weighted by Gasteiger charge is 2.23. The molecule has 0 radical (unpaired) electrons. The Labute approximate surface area is 156 Å². The molecule has 2 aromatic carbocycles. The molecule has 1 saturated carbocycles. The zero-order chi connectivity index (χ0) is 18.5. The molecular formula is C24H28F2. The second-order valence-corrected chi connectivity index (χ2v) is 7.50. The van der Waals surface area contributed by atoms with E-state index in [-0.39, 0.29) is 11.6 Å². The van der Waals surface area contributed by atoms with Gasteiger partial charge in [0.1, 0.15) is 11.6 Å². The third kappa shape index (κ3) is 4.23. The van der Waals surface area contributed by atoms with Gasteiger partial charge in [-0.3, -0.25) is 0 Å². The summed E-state index contributed by atoms with van der Waals surface area (Å²) in [7, 11) is 0. The molecule has 1 aliphatic rings. The third-order valence-electron chi connectivity index (χ3n) is 5.87. The number of halogens is 2. The minimum atomic E-state index is -0.230. The van der Waals surface area contributed by atoms with E-state index in [1.807, 2.05) is 18.2 Å². The van der Waals surface area contributed by atoms with Crippen LogP contribution < -0.4 is 0 Å². The molecule has 2 heteroatoms. The predicted molar refractivity (Wildman–Crippen MR) is 105 cm³/mol. The average Bonchev–Trinajstić information content (AvgIpc) is 2.67. The second kappa shape index (κ2) is 8.62. The highest BCUT2D eigenvalue weighted by molar-refractivity contribution is 5.64. The number of hydrogen-bond donors (Lipinski definition) is 0. The van der Waals surface area contributed by atoms with Crippen molar-refractivity contribution in [1.82, 2.24) is 0 Å². The van der Waals surface area contributed by atoms with Crippen LogP contribution in [0, 0.1) is 17.6 Å². The van der Waals surface area contributed by atoms with Crippen LogP contribution in [0.3, 0.4) is 0 Å². The van der Waals surface area contributed by atoms with E-state index < -0.39 is 0 Å². The molecule has 0 bridgehead atoms. The van der Waals surface area contributed by atoms with Crippen molar-refractivity contribution in [1.29, 1.82) is 0 Å². The summed E-state index contributed by atoms with van der Waals surface area (Å²) in [6.45, 7) is 5.91. The van der Waals surface area contributed by atoms with E-state index in [1.165, 1.54) is 25.3 Å². The number of aryl methyl sites for hydroxylation is 1. The van der Waals surface area contributed by atoms with Gasteiger partial charge in [-0.05, 0) is 84.7 Å². The molecule has 2 aromatic rings. The number of benzene rings is 2. The first kappa shape index (κ1) is 18.8. The van der Waals surface area contributed by atoms with Gasteiger partial charge in [-0.15, -0.1) is 6.58 Å². The van der Waals surface area contributed by atoms with E-state index in [4.69, 9.17) is 0 Å². The lowest BCUT2D eigenvalue weighted by atomic mass is 9.77. The lowest BCUT2D eigenvalue weighted by Gasteiger charge is -2.28. The maximum atomic E-state index is 14.7. The van der Waals surface area contributed by atoms with Crippen LogP contribution in [0.5, 0.6) is 0 Å². The second-order valence-electron chi connectivity index (χ2n) is 7.50. The number of rotatable bonds is 6. The maximum absolute atomic E-state index is 14.7. The average molecular weight is 354 g/mol. The van der Waals surface area contributed by atoms with Gasteiger partial charge in [-0.25, -0.2) is 8.78 Å². The summed E-state index contributed by atoms with van der Waals surface area (Å²) < 4.78 is 29.0. The number of allylic oxidation sites excluding steroid dienone is 1. The van der Waals surface area contributed by atoms with Crippen LogP contribution >= 0.6 is 0 Å². The Balaban J connectivity index is 1.77. The Bertz CT molecular complexity index is 755. The van der Waals surface area contributed by atoms with Crippen LogP contribution in [-0.4, -0.2) is 0 Å². The minimum absolute atomic E-state index is 0.154. The number of hydrogen-bond acceptors (Lipinski definition) is 0. The Morgan fingerprint density at radius 2 is 1.62 bits per heavy atom. The van der Waals surface area contributed by atoms with Crippen LogP contribution in [0.4, 0.5) is 8.78 Å². The first-order valence-corrected chi connectivity index (χ1v) is 9.81. The molecule has 0 spiro atoms. The van der Waals surface area contributed by atoms with Gasteiger partial charge in [0, 0.05) is 0 Å². The van der Waals surface area contributed by atoms with Gasteiger partial charge in [0.05, 0.1) is 0 Å². The van der Waals surface area contributed by atoms with Gasteiger partial charge in [0.15, 0.2) is 0 Å². The standard InChI is InChI=1S/C24H28F2/c1-3-5-6-19-11-12-20(15-23(19)25)21-13-14-22(24(26)16-21)18-9-7-17(4-2)8-10-18/h3,11-18H,1,4-10H2,2H3. The molecule has 0 saturated heterocycles. The summed E-state index contributed by atoms with van der Waals surface area (Å²) in [5.41, 5.74) is 2.97. The molecule has 0 unspecified atom stereocenters. The van der Waals surface area contributed by atoms with E-state index in [9.17, 15) is 8.78 Å². The van der Waals surface area contributed by atoms with E-state index >= 15 is 0 Å². The van der Waals surface area contributed by atoms with Gasteiger partial charge in [-0.2, -0.15) is 0 Å². The third-order valence-corrected chi connectivity index (χ3v) is 5.87. The highest BCUT2D eigenvalue weighted by atomic mass is 19.1. The molecular weight excluding hydrogens is 326 g/mol. The SMILES string of the molecule is C=CCCc1ccc(-c2ccc(C3CCC(CC)CC3)c(F)c2)cc1F. The zero-order valence-corrected chi connectivity index (χ0v) is 15.6. The van der Waals surface area contributed by atoms with Gasteiger partial charge in [0.2, 0.25) is 0 Å². The van der Waals surface area contributed by atoms with Gasteiger partial charge in [0.25, 0.3) is 0 Å². The van der Waals surface area contributed by atoms with Crippen molar-refractivity contribution in [3.05, 3.63) is 71.8 Å². The van der Waals surface area contributed by atoms with Crippen molar-refractivity contribution in [2.24, 2.45) is 5.92 Å². The topological polar surface area (TPSA) is 0 Å². The minimum Gasteiger partial charge on any atom is -0.207 e. The molecule has 0 nitrogen and oxygen atoms in total. The first-order valence-electron chi connectivity index (χ1n) is 9.81. The highest BCUT2D eigenvalue weighted by Crippen LogP contribution is 2.38. The fraction of sp³-hybridized carbons (Fsp3) is 0.417. The van der Waals surface area contributed by atoms with Crippen LogP contribution in [0.2, 0.25) is 0 Å². The molecule has 3 rings (SSSR count). The summed E-state index contributed by atoms with van der Waals surface area (Å²) >= 11 is 0. The van der Waals surface area contributed by atoms with Gasteiger partial charge in [-0.1, -0.05) is 43.7 Å². The summed E-state index contributed by atoms with van der Waals surface area (Å²) in [5.74, 6) is 0.742. The van der Waals surface area contributed by atoms with Gasteiger partial charge >= 0.3 is 0 Å². The molecule has 1 fully saturated rings. The lowest BCUT2D eigenvalue weighted by Crippen LogP contribution is -2.13. The molecule has 0 atom stereocenters. The van der Waals surface area contributed by atoms with Crippen molar-refractivity contribution in [3.8, 4) is 11.1 Å². The summed E-state index contributed by atoms with van der Waals surface area (Å²) in [4.78, 5) is 0. The first-order chi connectivity index (χ1) is 12.6. The van der Waals surface area contributed by atoms with E-state index in [2.05, 4.69) is 13.5 Å². The largest absolute Gasteiger partial charge is 0.207 e. The molecule has 0 N–H and O–H groups in total. The zero-order valence-electron chi connectivity index (χ0n) is 15.6. The predicted octanol–water partition coefficient (Wildman–Crippen LogP) is 7.43. The molecule has 0 heterocycles.